The number of cyclic esters (lactones) is 1. The van der Waals surface area contributed by atoms with Gasteiger partial charge in [-0.15, -0.1) is 0 Å². The quantitative estimate of drug-likeness (QED) is 0.119. The Morgan fingerprint density at radius 3 is 2.37 bits per heavy atom. The molecule has 0 saturated heterocycles. The maximum Gasteiger partial charge on any atom is 0.331 e. The van der Waals surface area contributed by atoms with Crippen LogP contribution in [0.2, 0.25) is 0 Å². The zero-order valence-corrected chi connectivity index (χ0v) is 26.0. The minimum Gasteiger partial charge on any atom is -0.462 e. The van der Waals surface area contributed by atoms with Gasteiger partial charge < -0.3 is 24.8 Å². The fourth-order valence-corrected chi connectivity index (χ4v) is 4.40. The molecule has 0 fully saturated rings. The van der Waals surface area contributed by atoms with Crippen molar-refractivity contribution in [2.24, 2.45) is 11.8 Å². The zero-order chi connectivity index (χ0) is 30.9. The third-order valence-electron chi connectivity index (χ3n) is 6.91. The van der Waals surface area contributed by atoms with E-state index >= 15 is 0 Å². The molecule has 0 amide bonds. The summed E-state index contributed by atoms with van der Waals surface area (Å²) in [5, 5.41) is 29.3. The summed E-state index contributed by atoms with van der Waals surface area (Å²) in [6.45, 7) is 13.4. The van der Waals surface area contributed by atoms with E-state index in [0.717, 1.165) is 23.1 Å². The molecule has 0 unspecified atom stereocenters. The first-order valence-corrected chi connectivity index (χ1v) is 14.8. The summed E-state index contributed by atoms with van der Waals surface area (Å²) >= 11 is 0. The monoisotopic (exact) mass is 572 g/mol. The molecular formula is C34H52O7. The van der Waals surface area contributed by atoms with E-state index in [0.29, 0.717) is 25.7 Å². The van der Waals surface area contributed by atoms with E-state index in [9.17, 15) is 24.9 Å². The second-order valence-electron chi connectivity index (χ2n) is 11.6. The Balaban J connectivity index is 2.73. The second-order valence-corrected chi connectivity index (χ2v) is 11.6. The number of aliphatic hydroxyl groups excluding tert-OH is 3. The van der Waals surface area contributed by atoms with Crippen LogP contribution < -0.4 is 0 Å². The van der Waals surface area contributed by atoms with Gasteiger partial charge >= 0.3 is 11.9 Å². The third kappa shape index (κ3) is 16.3. The molecular weight excluding hydrogens is 520 g/mol. The predicted octanol–water partition coefficient (Wildman–Crippen LogP) is 6.07. The Bertz CT molecular complexity index is 997. The summed E-state index contributed by atoms with van der Waals surface area (Å²) in [6, 6.07) is 0. The molecule has 1 aliphatic heterocycles. The molecule has 3 N–H and O–H groups in total. The molecule has 1 heterocycles. The first kappa shape index (κ1) is 36.3. The standard InChI is InChI=1S/C34H52O7/c1-23(2)31-15-9-8-14-27(6)32(16-11-17-33(38)40-31)41-34(39)19-18-26(5)20-24(3)12-10-13-25(4)21-29(36)30(37)22-28(7)35/h8-10,12-13,18-21,23,27-32,35-37H,11,14-17,22H2,1-7H3/t27-,28-,29-,30-,31+,32-/m0/s1. The number of esters is 2. The van der Waals surface area contributed by atoms with E-state index in [4.69, 9.17) is 9.47 Å². The average Bonchev–Trinajstić information content (AvgIpc) is 2.87. The van der Waals surface area contributed by atoms with Crippen LogP contribution in [0, 0.1) is 11.8 Å². The Morgan fingerprint density at radius 1 is 1.02 bits per heavy atom. The lowest BCUT2D eigenvalue weighted by Gasteiger charge is -2.24. The Kier molecular flexibility index (Phi) is 17.2. The van der Waals surface area contributed by atoms with Crippen LogP contribution >= 0.6 is 0 Å². The first-order chi connectivity index (χ1) is 19.3. The molecule has 7 nitrogen and oxygen atoms in total. The molecule has 7 heteroatoms. The highest BCUT2D eigenvalue weighted by Crippen LogP contribution is 2.22. The third-order valence-corrected chi connectivity index (χ3v) is 6.91. The summed E-state index contributed by atoms with van der Waals surface area (Å²) < 4.78 is 11.4. The van der Waals surface area contributed by atoms with Crippen LogP contribution in [-0.2, 0) is 19.1 Å². The summed E-state index contributed by atoms with van der Waals surface area (Å²) in [6.07, 6.45) is 16.3. The van der Waals surface area contributed by atoms with E-state index in [1.165, 1.54) is 6.08 Å². The fraction of sp³-hybridized carbons (Fsp3) is 0.588. The number of aliphatic hydroxyl groups is 3. The van der Waals surface area contributed by atoms with Gasteiger partial charge in [0.2, 0.25) is 0 Å². The van der Waals surface area contributed by atoms with E-state index < -0.39 is 24.3 Å². The SMILES string of the molecule is CC(=CC=CC(C)=C[C@H](O)[C@@H](O)C[C@H](C)O)C=C(C)C=CC(=O)O[C@H]1CCCC(=O)O[C@@H](C(C)C)CC=CC[C@@H]1C. The molecule has 230 valence electrons. The topological polar surface area (TPSA) is 113 Å². The zero-order valence-electron chi connectivity index (χ0n) is 26.0. The Labute approximate surface area is 247 Å². The van der Waals surface area contributed by atoms with Gasteiger partial charge in [0.1, 0.15) is 12.2 Å². The molecule has 0 saturated carbocycles. The van der Waals surface area contributed by atoms with Crippen LogP contribution in [0.4, 0.5) is 0 Å². The van der Waals surface area contributed by atoms with Gasteiger partial charge in [-0.25, -0.2) is 4.79 Å². The number of hydrogen-bond acceptors (Lipinski definition) is 7. The highest BCUT2D eigenvalue weighted by Gasteiger charge is 2.23. The van der Waals surface area contributed by atoms with Crippen molar-refractivity contribution in [2.45, 2.75) is 118 Å². The average molecular weight is 573 g/mol. The Morgan fingerprint density at radius 2 is 1.71 bits per heavy atom. The first-order valence-electron chi connectivity index (χ1n) is 14.8. The predicted molar refractivity (Wildman–Crippen MR) is 164 cm³/mol. The van der Waals surface area contributed by atoms with Crippen molar-refractivity contribution in [1.82, 2.24) is 0 Å². The van der Waals surface area contributed by atoms with Gasteiger partial charge in [-0.3, -0.25) is 4.79 Å². The summed E-state index contributed by atoms with van der Waals surface area (Å²) in [5.74, 6) is -0.228. The lowest BCUT2D eigenvalue weighted by atomic mass is 9.94. The molecule has 0 aromatic carbocycles. The van der Waals surface area contributed by atoms with Crippen molar-refractivity contribution < 1.29 is 34.4 Å². The summed E-state index contributed by atoms with van der Waals surface area (Å²) in [5.41, 5.74) is 2.62. The number of hydrogen-bond donors (Lipinski definition) is 3. The van der Waals surface area contributed by atoms with Gasteiger partial charge in [-0.1, -0.05) is 86.1 Å². The number of allylic oxidation sites excluding steroid dienone is 9. The molecule has 0 aromatic rings. The highest BCUT2D eigenvalue weighted by molar-refractivity contribution is 5.82. The molecule has 0 radical (unpaired) electrons. The minimum absolute atomic E-state index is 0.102. The van der Waals surface area contributed by atoms with Crippen LogP contribution in [0.5, 0.6) is 0 Å². The van der Waals surface area contributed by atoms with Gasteiger partial charge in [0.05, 0.1) is 18.3 Å². The number of carbonyl (C=O) groups is 2. The lowest BCUT2D eigenvalue weighted by Crippen LogP contribution is -2.27. The number of carbonyl (C=O) groups excluding carboxylic acids is 2. The van der Waals surface area contributed by atoms with Crippen LogP contribution in [0.15, 0.2) is 71.4 Å². The lowest BCUT2D eigenvalue weighted by molar-refractivity contribution is -0.151. The van der Waals surface area contributed by atoms with Gasteiger partial charge in [-0.05, 0) is 58.8 Å². The molecule has 0 bridgehead atoms. The molecule has 1 rings (SSSR count). The molecule has 1 aliphatic rings. The van der Waals surface area contributed by atoms with Gasteiger partial charge in [0.25, 0.3) is 0 Å². The van der Waals surface area contributed by atoms with Crippen LogP contribution in [-0.4, -0.2) is 57.8 Å². The maximum atomic E-state index is 12.6. The van der Waals surface area contributed by atoms with E-state index in [-0.39, 0.29) is 36.4 Å². The van der Waals surface area contributed by atoms with Gasteiger partial charge in [0, 0.05) is 25.3 Å². The van der Waals surface area contributed by atoms with Crippen LogP contribution in [0.1, 0.15) is 87.0 Å². The van der Waals surface area contributed by atoms with E-state index in [2.05, 4.69) is 32.9 Å². The van der Waals surface area contributed by atoms with E-state index in [1.54, 1.807) is 19.1 Å². The second kappa shape index (κ2) is 19.4. The normalized spacial score (nSPS) is 24.6. The summed E-state index contributed by atoms with van der Waals surface area (Å²) in [4.78, 5) is 24.9. The van der Waals surface area contributed by atoms with Crippen molar-refractivity contribution in [1.29, 1.82) is 0 Å². The maximum absolute atomic E-state index is 12.6. The fourth-order valence-electron chi connectivity index (χ4n) is 4.40. The van der Waals surface area contributed by atoms with Crippen molar-refractivity contribution >= 4 is 11.9 Å². The van der Waals surface area contributed by atoms with Crippen molar-refractivity contribution in [3.05, 3.63) is 71.4 Å². The minimum atomic E-state index is -1.05. The van der Waals surface area contributed by atoms with Gasteiger partial charge in [-0.2, -0.15) is 0 Å². The van der Waals surface area contributed by atoms with E-state index in [1.807, 2.05) is 45.1 Å². The Hall–Kier alpha value is -2.74. The smallest absolute Gasteiger partial charge is 0.331 e. The molecule has 6 atom stereocenters. The number of ether oxygens (including phenoxy) is 2. The van der Waals surface area contributed by atoms with Crippen LogP contribution in [0.25, 0.3) is 0 Å². The molecule has 0 aromatic heterocycles. The molecule has 0 aliphatic carbocycles. The van der Waals surface area contributed by atoms with Crippen LogP contribution in [0.3, 0.4) is 0 Å². The molecule has 41 heavy (non-hydrogen) atoms. The van der Waals surface area contributed by atoms with Crippen molar-refractivity contribution in [2.75, 3.05) is 0 Å². The number of rotatable bonds is 11. The molecule has 0 spiro atoms. The summed E-state index contributed by atoms with van der Waals surface area (Å²) in [7, 11) is 0. The highest BCUT2D eigenvalue weighted by atomic mass is 16.5. The van der Waals surface area contributed by atoms with Gasteiger partial charge in [0.15, 0.2) is 0 Å². The largest absolute Gasteiger partial charge is 0.462 e. The van der Waals surface area contributed by atoms with Crippen molar-refractivity contribution in [3.63, 3.8) is 0 Å². The van der Waals surface area contributed by atoms with Crippen molar-refractivity contribution in [3.8, 4) is 0 Å².